The molecule has 1 heteroatoms. The number of benzene rings is 3. The van der Waals surface area contributed by atoms with Crippen LogP contribution in [0.25, 0.3) is 0 Å². The Hall–Kier alpha value is -2.67. The third-order valence-corrected chi connectivity index (χ3v) is 3.74. The van der Waals surface area contributed by atoms with Gasteiger partial charge in [0, 0.05) is 12.1 Å². The van der Waals surface area contributed by atoms with E-state index in [4.69, 9.17) is 0 Å². The van der Waals surface area contributed by atoms with Crippen LogP contribution >= 0.6 is 0 Å². The van der Waals surface area contributed by atoms with Gasteiger partial charge in [-0.2, -0.15) is 0 Å². The minimum absolute atomic E-state index is 0.342. The highest BCUT2D eigenvalue weighted by molar-refractivity contribution is 5.65. The lowest BCUT2D eigenvalue weighted by Gasteiger charge is -2.15. The zero-order valence-corrected chi connectivity index (χ0v) is 12.5. The van der Waals surface area contributed by atoms with Crippen molar-refractivity contribution in [2.45, 2.75) is 12.3 Å². The zero-order chi connectivity index (χ0) is 15.0. The summed E-state index contributed by atoms with van der Waals surface area (Å²) >= 11 is 0. The second-order valence-corrected chi connectivity index (χ2v) is 5.26. The molecule has 0 atom stereocenters. The number of nitrogens with zero attached hydrogens (tertiary/aromatic N) is 1. The van der Waals surface area contributed by atoms with Crippen molar-refractivity contribution in [1.29, 1.82) is 0 Å². The molecule has 3 aromatic rings. The molecule has 0 spiro atoms. The Labute approximate surface area is 132 Å². The zero-order valence-electron chi connectivity index (χ0n) is 12.5. The molecule has 3 rings (SSSR count). The predicted octanol–water partition coefficient (Wildman–Crippen LogP) is 5.61. The molecule has 0 bridgehead atoms. The number of para-hydroxylation sites is 1. The largest absolute Gasteiger partial charge is 0.261 e. The van der Waals surface area contributed by atoms with E-state index < -0.39 is 0 Å². The van der Waals surface area contributed by atoms with Crippen molar-refractivity contribution < 1.29 is 0 Å². The van der Waals surface area contributed by atoms with E-state index in [0.717, 1.165) is 12.1 Å². The van der Waals surface area contributed by atoms with Gasteiger partial charge in [0.05, 0.1) is 5.69 Å². The maximum atomic E-state index is 4.57. The molecule has 0 saturated carbocycles. The average molecular weight is 285 g/mol. The summed E-state index contributed by atoms with van der Waals surface area (Å²) in [7, 11) is 0. The molecule has 0 aromatic heterocycles. The minimum Gasteiger partial charge on any atom is -0.261 e. The van der Waals surface area contributed by atoms with Crippen molar-refractivity contribution in [3.8, 4) is 0 Å². The summed E-state index contributed by atoms with van der Waals surface area (Å²) in [5, 5.41) is 0. The average Bonchev–Trinajstić information content (AvgIpc) is 2.61. The smallest absolute Gasteiger partial charge is 0.0625 e. The Kier molecular flexibility index (Phi) is 4.78. The molecule has 0 unspecified atom stereocenters. The molecule has 0 N–H and O–H groups in total. The monoisotopic (exact) mass is 285 g/mol. The van der Waals surface area contributed by atoms with E-state index >= 15 is 0 Å². The first kappa shape index (κ1) is 14.3. The second kappa shape index (κ2) is 7.37. The SMILES string of the molecule is C(CC(c1ccccc1)c1ccccc1)=Nc1ccccc1. The van der Waals surface area contributed by atoms with Gasteiger partial charge in [-0.05, 0) is 29.7 Å². The molecule has 3 aromatic carbocycles. The predicted molar refractivity (Wildman–Crippen MR) is 93.9 cm³/mol. The van der Waals surface area contributed by atoms with Gasteiger partial charge in [-0.1, -0.05) is 78.9 Å². The quantitative estimate of drug-likeness (QED) is 0.540. The van der Waals surface area contributed by atoms with E-state index in [2.05, 4.69) is 65.7 Å². The van der Waals surface area contributed by atoms with Crippen LogP contribution in [0.15, 0.2) is 96.0 Å². The first-order valence-electron chi connectivity index (χ1n) is 7.61. The van der Waals surface area contributed by atoms with E-state index in [9.17, 15) is 0 Å². The Balaban J connectivity index is 1.82. The van der Waals surface area contributed by atoms with Gasteiger partial charge in [-0.3, -0.25) is 4.99 Å². The van der Waals surface area contributed by atoms with Gasteiger partial charge in [0.1, 0.15) is 0 Å². The van der Waals surface area contributed by atoms with Gasteiger partial charge < -0.3 is 0 Å². The third kappa shape index (κ3) is 3.70. The van der Waals surface area contributed by atoms with E-state index in [1.165, 1.54) is 11.1 Å². The molecule has 0 aliphatic rings. The van der Waals surface area contributed by atoms with Crippen LogP contribution in [0.2, 0.25) is 0 Å². The molecule has 108 valence electrons. The maximum Gasteiger partial charge on any atom is 0.0625 e. The normalized spacial score (nSPS) is 11.1. The first-order chi connectivity index (χ1) is 10.9. The summed E-state index contributed by atoms with van der Waals surface area (Å²) in [5.74, 6) is 0.342. The van der Waals surface area contributed by atoms with Gasteiger partial charge in [-0.25, -0.2) is 0 Å². The topological polar surface area (TPSA) is 12.4 Å². The minimum atomic E-state index is 0.342. The maximum absolute atomic E-state index is 4.57. The number of hydrogen-bond donors (Lipinski definition) is 0. The van der Waals surface area contributed by atoms with Crippen LogP contribution in [0.1, 0.15) is 23.5 Å². The summed E-state index contributed by atoms with van der Waals surface area (Å²) in [6.45, 7) is 0. The molecule has 1 nitrogen and oxygen atoms in total. The van der Waals surface area contributed by atoms with Crippen molar-refractivity contribution in [1.82, 2.24) is 0 Å². The van der Waals surface area contributed by atoms with Crippen LogP contribution in [0.4, 0.5) is 5.69 Å². The van der Waals surface area contributed by atoms with E-state index in [0.29, 0.717) is 5.92 Å². The lowest BCUT2D eigenvalue weighted by molar-refractivity contribution is 0.865. The highest BCUT2D eigenvalue weighted by Crippen LogP contribution is 2.27. The van der Waals surface area contributed by atoms with Crippen molar-refractivity contribution in [3.05, 3.63) is 102 Å². The summed E-state index contributed by atoms with van der Waals surface area (Å²) in [4.78, 5) is 4.57. The van der Waals surface area contributed by atoms with Gasteiger partial charge >= 0.3 is 0 Å². The third-order valence-electron chi connectivity index (χ3n) is 3.74. The molecule has 22 heavy (non-hydrogen) atoms. The van der Waals surface area contributed by atoms with E-state index in [1.807, 2.05) is 36.5 Å². The molecule has 0 aliphatic heterocycles. The highest BCUT2D eigenvalue weighted by atomic mass is 14.7. The van der Waals surface area contributed by atoms with Crippen LogP contribution in [-0.2, 0) is 0 Å². The van der Waals surface area contributed by atoms with Crippen molar-refractivity contribution >= 4 is 11.9 Å². The van der Waals surface area contributed by atoms with E-state index in [-0.39, 0.29) is 0 Å². The molecule has 0 fully saturated rings. The molecule has 0 heterocycles. The van der Waals surface area contributed by atoms with E-state index in [1.54, 1.807) is 0 Å². The Morgan fingerprint density at radius 2 is 1.09 bits per heavy atom. The van der Waals surface area contributed by atoms with Gasteiger partial charge in [0.15, 0.2) is 0 Å². The Morgan fingerprint density at radius 3 is 1.59 bits per heavy atom. The second-order valence-electron chi connectivity index (χ2n) is 5.26. The molecular weight excluding hydrogens is 266 g/mol. The molecular formula is C21H19N. The molecule has 0 amide bonds. The number of rotatable bonds is 5. The summed E-state index contributed by atoms with van der Waals surface area (Å²) in [5.41, 5.74) is 3.66. The highest BCUT2D eigenvalue weighted by Gasteiger charge is 2.12. The standard InChI is InChI=1S/C21H19N/c1-4-10-18(11-5-1)21(19-12-6-2-7-13-19)16-17-22-20-14-8-3-9-15-20/h1-15,17,21H,16H2. The fourth-order valence-corrected chi connectivity index (χ4v) is 2.61. The van der Waals surface area contributed by atoms with Gasteiger partial charge in [0.25, 0.3) is 0 Å². The number of hydrogen-bond acceptors (Lipinski definition) is 1. The van der Waals surface area contributed by atoms with Gasteiger partial charge in [-0.15, -0.1) is 0 Å². The fraction of sp³-hybridized carbons (Fsp3) is 0.0952. The fourth-order valence-electron chi connectivity index (χ4n) is 2.61. The van der Waals surface area contributed by atoms with Crippen LogP contribution < -0.4 is 0 Å². The Bertz CT molecular complexity index is 663. The van der Waals surface area contributed by atoms with Crippen molar-refractivity contribution in [3.63, 3.8) is 0 Å². The molecule has 0 saturated heterocycles. The first-order valence-corrected chi connectivity index (χ1v) is 7.61. The molecule has 0 radical (unpaired) electrons. The van der Waals surface area contributed by atoms with Crippen molar-refractivity contribution in [2.24, 2.45) is 4.99 Å². The van der Waals surface area contributed by atoms with Crippen LogP contribution in [0.3, 0.4) is 0 Å². The Morgan fingerprint density at radius 1 is 0.636 bits per heavy atom. The summed E-state index contributed by atoms with van der Waals surface area (Å²) in [6, 6.07) is 31.3. The van der Waals surface area contributed by atoms with Crippen LogP contribution in [-0.4, -0.2) is 6.21 Å². The number of aliphatic imine (C=N–C) groups is 1. The summed E-state index contributed by atoms with van der Waals surface area (Å²) in [6.07, 6.45) is 2.92. The van der Waals surface area contributed by atoms with Gasteiger partial charge in [0.2, 0.25) is 0 Å². The molecule has 0 aliphatic carbocycles. The van der Waals surface area contributed by atoms with Crippen molar-refractivity contribution in [2.75, 3.05) is 0 Å². The summed E-state index contributed by atoms with van der Waals surface area (Å²) < 4.78 is 0. The van der Waals surface area contributed by atoms with Crippen LogP contribution in [0.5, 0.6) is 0 Å². The lowest BCUT2D eigenvalue weighted by Crippen LogP contribution is -2.01. The lowest BCUT2D eigenvalue weighted by atomic mass is 9.89. The van der Waals surface area contributed by atoms with Crippen LogP contribution in [0, 0.1) is 0 Å².